The average molecular weight is 537 g/mol. The number of hydrogen-bond donors (Lipinski definition) is 0. The van der Waals surface area contributed by atoms with E-state index >= 15 is 0 Å². The molecular formula is C35H36O5. The molecule has 0 unspecified atom stereocenters. The number of fused-ring (bicyclic) bond motifs is 3. The van der Waals surface area contributed by atoms with E-state index in [9.17, 15) is 9.59 Å². The van der Waals surface area contributed by atoms with Gasteiger partial charge in [-0.2, -0.15) is 0 Å². The summed E-state index contributed by atoms with van der Waals surface area (Å²) in [5.41, 5.74) is 3.19. The lowest BCUT2D eigenvalue weighted by Gasteiger charge is -2.08. The van der Waals surface area contributed by atoms with Gasteiger partial charge in [-0.25, -0.2) is 4.79 Å². The van der Waals surface area contributed by atoms with Crippen LogP contribution < -0.4 is 10.4 Å². The van der Waals surface area contributed by atoms with E-state index in [-0.39, 0.29) is 11.5 Å². The van der Waals surface area contributed by atoms with E-state index in [1.165, 1.54) is 44.6 Å². The third-order valence-electron chi connectivity index (χ3n) is 7.40. The van der Waals surface area contributed by atoms with E-state index < -0.39 is 5.63 Å². The molecule has 0 N–H and O–H groups in total. The van der Waals surface area contributed by atoms with Crippen molar-refractivity contribution in [2.45, 2.75) is 65.2 Å². The lowest BCUT2D eigenvalue weighted by molar-refractivity contribution is 0.101. The minimum Gasteiger partial charge on any atom is -0.494 e. The van der Waals surface area contributed by atoms with E-state index in [1.54, 1.807) is 12.1 Å². The molecule has 40 heavy (non-hydrogen) atoms. The SMILES string of the molecule is CCCCCCCCCCOc1cccc(C(=O)c2oc3ccc4c(C)cc(=O)oc4c3c2-c2ccccc2)c1. The summed E-state index contributed by atoms with van der Waals surface area (Å²) in [6, 6.07) is 22.0. The number of unbranched alkanes of at least 4 members (excludes halogenated alkanes) is 7. The standard InChI is InChI=1S/C35H36O5/c1-3-4-5-6-7-8-9-13-21-38-27-18-14-17-26(23-27)33(37)35-31(25-15-11-10-12-16-25)32-29(39-35)20-19-28-24(2)22-30(36)40-34(28)32/h10-12,14-20,22-23H,3-9,13,21H2,1-2H3. The van der Waals surface area contributed by atoms with Gasteiger partial charge >= 0.3 is 5.63 Å². The van der Waals surface area contributed by atoms with Gasteiger partial charge in [0.25, 0.3) is 0 Å². The minimum absolute atomic E-state index is 0.207. The van der Waals surface area contributed by atoms with Crippen molar-refractivity contribution in [3.05, 3.63) is 100 Å². The van der Waals surface area contributed by atoms with Gasteiger partial charge in [-0.15, -0.1) is 0 Å². The summed E-state index contributed by atoms with van der Waals surface area (Å²) in [6.45, 7) is 4.73. The van der Waals surface area contributed by atoms with Gasteiger partial charge in [-0.1, -0.05) is 94.3 Å². The molecule has 0 bridgehead atoms. The lowest BCUT2D eigenvalue weighted by atomic mass is 9.96. The molecule has 5 aromatic rings. The van der Waals surface area contributed by atoms with Gasteiger partial charge in [0.05, 0.1) is 12.0 Å². The maximum atomic E-state index is 13.9. The zero-order chi connectivity index (χ0) is 27.9. The number of hydrogen-bond acceptors (Lipinski definition) is 5. The normalized spacial score (nSPS) is 11.3. The third-order valence-corrected chi connectivity index (χ3v) is 7.40. The summed E-state index contributed by atoms with van der Waals surface area (Å²) in [5, 5.41) is 1.43. The van der Waals surface area contributed by atoms with Gasteiger partial charge in [0, 0.05) is 22.6 Å². The van der Waals surface area contributed by atoms with E-state index in [0.717, 1.165) is 29.4 Å². The fraction of sp³-hybridized carbons (Fsp3) is 0.314. The Morgan fingerprint density at radius 3 is 2.33 bits per heavy atom. The third kappa shape index (κ3) is 6.04. The van der Waals surface area contributed by atoms with E-state index in [4.69, 9.17) is 13.6 Å². The first kappa shape index (κ1) is 27.4. The number of aryl methyl sites for hydroxylation is 1. The Balaban J connectivity index is 1.41. The topological polar surface area (TPSA) is 69.7 Å². The first-order chi connectivity index (χ1) is 19.6. The quantitative estimate of drug-likeness (QED) is 0.0852. The van der Waals surface area contributed by atoms with Crippen LogP contribution in [0.1, 0.15) is 80.0 Å². The summed E-state index contributed by atoms with van der Waals surface area (Å²) in [7, 11) is 0. The predicted molar refractivity (Wildman–Crippen MR) is 160 cm³/mol. The van der Waals surface area contributed by atoms with Crippen molar-refractivity contribution >= 4 is 27.7 Å². The van der Waals surface area contributed by atoms with Crippen LogP contribution in [0.3, 0.4) is 0 Å². The Hall–Kier alpha value is -4.12. The zero-order valence-corrected chi connectivity index (χ0v) is 23.3. The van der Waals surface area contributed by atoms with Crippen molar-refractivity contribution in [2.24, 2.45) is 0 Å². The van der Waals surface area contributed by atoms with Crippen LogP contribution in [0.25, 0.3) is 33.1 Å². The molecule has 0 aliphatic rings. The maximum Gasteiger partial charge on any atom is 0.336 e. The Morgan fingerprint density at radius 1 is 0.800 bits per heavy atom. The highest BCUT2D eigenvalue weighted by atomic mass is 16.5. The van der Waals surface area contributed by atoms with Gasteiger partial charge in [0.15, 0.2) is 5.76 Å². The fourth-order valence-corrected chi connectivity index (χ4v) is 5.29. The second-order valence-corrected chi connectivity index (χ2v) is 10.4. The highest BCUT2D eigenvalue weighted by Gasteiger charge is 2.26. The minimum atomic E-state index is -0.438. The molecule has 5 rings (SSSR count). The molecule has 0 aliphatic carbocycles. The van der Waals surface area contributed by atoms with Crippen LogP contribution in [0.15, 0.2) is 86.4 Å². The first-order valence-corrected chi connectivity index (χ1v) is 14.4. The van der Waals surface area contributed by atoms with Gasteiger partial charge in [-0.05, 0) is 48.7 Å². The largest absolute Gasteiger partial charge is 0.494 e. The highest BCUT2D eigenvalue weighted by Crippen LogP contribution is 2.40. The average Bonchev–Trinajstić information content (AvgIpc) is 3.37. The summed E-state index contributed by atoms with van der Waals surface area (Å²) in [6.07, 6.45) is 9.89. The van der Waals surface area contributed by atoms with E-state index in [1.807, 2.05) is 61.5 Å². The lowest BCUT2D eigenvalue weighted by Crippen LogP contribution is -2.03. The zero-order valence-electron chi connectivity index (χ0n) is 23.3. The Bertz CT molecular complexity index is 1660. The molecule has 0 atom stereocenters. The molecule has 0 saturated heterocycles. The van der Waals surface area contributed by atoms with Crippen molar-refractivity contribution in [2.75, 3.05) is 6.61 Å². The number of furan rings is 1. The molecule has 206 valence electrons. The van der Waals surface area contributed by atoms with Crippen molar-refractivity contribution in [3.8, 4) is 16.9 Å². The van der Waals surface area contributed by atoms with Gasteiger partial charge in [0.1, 0.15) is 16.9 Å². The van der Waals surface area contributed by atoms with Crippen molar-refractivity contribution < 1.29 is 18.4 Å². The number of carbonyl (C=O) groups is 1. The number of benzene rings is 3. The van der Waals surface area contributed by atoms with Gasteiger partial charge in [0.2, 0.25) is 5.78 Å². The van der Waals surface area contributed by atoms with Crippen molar-refractivity contribution in [3.63, 3.8) is 0 Å². The first-order valence-electron chi connectivity index (χ1n) is 14.4. The molecule has 2 heterocycles. The molecule has 5 heteroatoms. The number of ketones is 1. The van der Waals surface area contributed by atoms with Crippen LogP contribution in [0.4, 0.5) is 0 Å². The molecule has 0 radical (unpaired) electrons. The highest BCUT2D eigenvalue weighted by molar-refractivity contribution is 6.20. The van der Waals surface area contributed by atoms with E-state index in [0.29, 0.717) is 40.0 Å². The molecule has 0 aliphatic heterocycles. The second kappa shape index (κ2) is 12.8. The molecular weight excluding hydrogens is 500 g/mol. The molecule has 2 aromatic heterocycles. The van der Waals surface area contributed by atoms with Crippen molar-refractivity contribution in [1.82, 2.24) is 0 Å². The maximum absolute atomic E-state index is 13.9. The number of ether oxygens (including phenoxy) is 1. The molecule has 0 fully saturated rings. The molecule has 5 nitrogen and oxygen atoms in total. The van der Waals surface area contributed by atoms with Crippen LogP contribution in [0, 0.1) is 6.92 Å². The summed E-state index contributed by atoms with van der Waals surface area (Å²) in [4.78, 5) is 26.2. The van der Waals surface area contributed by atoms with Crippen LogP contribution >= 0.6 is 0 Å². The summed E-state index contributed by atoms with van der Waals surface area (Å²) in [5.74, 6) is 0.618. The van der Waals surface area contributed by atoms with Crippen LogP contribution in [0.2, 0.25) is 0 Å². The predicted octanol–water partition coefficient (Wildman–Crippen LogP) is 9.27. The molecule has 0 saturated carbocycles. The van der Waals surface area contributed by atoms with E-state index in [2.05, 4.69) is 6.92 Å². The molecule has 3 aromatic carbocycles. The van der Waals surface area contributed by atoms with Crippen LogP contribution in [-0.2, 0) is 0 Å². The smallest absolute Gasteiger partial charge is 0.336 e. The van der Waals surface area contributed by atoms with Crippen molar-refractivity contribution in [1.29, 1.82) is 0 Å². The Labute approximate surface area is 234 Å². The fourth-order valence-electron chi connectivity index (χ4n) is 5.29. The second-order valence-electron chi connectivity index (χ2n) is 10.4. The molecule has 0 spiro atoms. The number of rotatable bonds is 13. The van der Waals surface area contributed by atoms with Crippen LogP contribution in [-0.4, -0.2) is 12.4 Å². The summed E-state index contributed by atoms with van der Waals surface area (Å²) < 4.78 is 17.9. The summed E-state index contributed by atoms with van der Waals surface area (Å²) >= 11 is 0. The Kier molecular flexibility index (Phi) is 8.80. The monoisotopic (exact) mass is 536 g/mol. The molecule has 0 amide bonds. The van der Waals surface area contributed by atoms with Crippen LogP contribution in [0.5, 0.6) is 5.75 Å². The Morgan fingerprint density at radius 2 is 1.55 bits per heavy atom. The number of carbonyl (C=O) groups excluding carboxylic acids is 1. The van der Waals surface area contributed by atoms with Gasteiger partial charge < -0.3 is 13.6 Å². The van der Waals surface area contributed by atoms with Gasteiger partial charge in [-0.3, -0.25) is 4.79 Å².